The number of hydrogen-bond donors (Lipinski definition) is 1. The molecule has 1 fully saturated rings. The first-order valence-electron chi connectivity index (χ1n) is 6.63. The first kappa shape index (κ1) is 16.0. The van der Waals surface area contributed by atoms with E-state index in [2.05, 4.69) is 5.32 Å². The molecular formula is C15H23ClN2O. The summed E-state index contributed by atoms with van der Waals surface area (Å²) in [4.78, 5) is 14.5. The predicted octanol–water partition coefficient (Wildman–Crippen LogP) is 2.41. The summed E-state index contributed by atoms with van der Waals surface area (Å²) in [5.41, 5.74) is 3.05. The highest BCUT2D eigenvalue weighted by atomic mass is 35.5. The van der Waals surface area contributed by atoms with Gasteiger partial charge in [-0.25, -0.2) is 0 Å². The third-order valence-corrected chi connectivity index (χ3v) is 3.76. The van der Waals surface area contributed by atoms with Crippen LogP contribution in [0, 0.1) is 19.8 Å². The summed E-state index contributed by atoms with van der Waals surface area (Å²) in [5.74, 6) is 0.799. The van der Waals surface area contributed by atoms with Crippen LogP contribution in [0.15, 0.2) is 18.2 Å². The lowest BCUT2D eigenvalue weighted by Crippen LogP contribution is -2.31. The average molecular weight is 283 g/mol. The first-order valence-corrected chi connectivity index (χ1v) is 6.63. The number of likely N-dealkylation sites (tertiary alicyclic amines) is 1. The quantitative estimate of drug-likeness (QED) is 0.923. The molecule has 4 heteroatoms. The zero-order chi connectivity index (χ0) is 13.1. The highest BCUT2D eigenvalue weighted by Gasteiger charge is 2.27. The van der Waals surface area contributed by atoms with Gasteiger partial charge in [0, 0.05) is 18.7 Å². The molecule has 1 heterocycles. The molecule has 1 aromatic rings. The van der Waals surface area contributed by atoms with Gasteiger partial charge in [-0.05, 0) is 50.9 Å². The summed E-state index contributed by atoms with van der Waals surface area (Å²) in [6.45, 7) is 6.80. The van der Waals surface area contributed by atoms with E-state index >= 15 is 0 Å². The Balaban J connectivity index is 0.00000180. The molecule has 1 N–H and O–H groups in total. The van der Waals surface area contributed by atoms with Gasteiger partial charge in [-0.2, -0.15) is 0 Å². The normalized spacial score (nSPS) is 18.3. The van der Waals surface area contributed by atoms with E-state index in [1.165, 1.54) is 0 Å². The van der Waals surface area contributed by atoms with Gasteiger partial charge >= 0.3 is 0 Å². The monoisotopic (exact) mass is 282 g/mol. The van der Waals surface area contributed by atoms with E-state index in [1.54, 1.807) is 0 Å². The molecule has 0 saturated carbocycles. The summed E-state index contributed by atoms with van der Waals surface area (Å²) in [6.07, 6.45) is 1.11. The number of nitrogens with one attached hydrogen (secondary N) is 1. The molecule has 1 saturated heterocycles. The van der Waals surface area contributed by atoms with Crippen LogP contribution >= 0.6 is 12.4 Å². The van der Waals surface area contributed by atoms with Crippen molar-refractivity contribution in [2.24, 2.45) is 5.92 Å². The van der Waals surface area contributed by atoms with Crippen molar-refractivity contribution < 1.29 is 4.79 Å². The molecule has 0 aromatic heterocycles. The maximum atomic E-state index is 12.5. The summed E-state index contributed by atoms with van der Waals surface area (Å²) in [7, 11) is 1.97. The summed E-state index contributed by atoms with van der Waals surface area (Å²) in [5, 5.41) is 3.19. The van der Waals surface area contributed by atoms with Gasteiger partial charge in [-0.1, -0.05) is 18.2 Å². The van der Waals surface area contributed by atoms with Gasteiger partial charge in [-0.15, -0.1) is 12.4 Å². The lowest BCUT2D eigenvalue weighted by Gasteiger charge is -2.19. The number of benzene rings is 1. The van der Waals surface area contributed by atoms with Gasteiger partial charge in [0.1, 0.15) is 0 Å². The molecule has 0 radical (unpaired) electrons. The number of carbonyl (C=O) groups excluding carboxylic acids is 1. The van der Waals surface area contributed by atoms with Gasteiger partial charge in [0.25, 0.3) is 5.91 Å². The molecule has 1 aromatic carbocycles. The van der Waals surface area contributed by atoms with E-state index in [4.69, 9.17) is 0 Å². The molecule has 0 aliphatic carbocycles. The Bertz CT molecular complexity index is 428. The zero-order valence-electron chi connectivity index (χ0n) is 11.9. The molecule has 0 spiro atoms. The Morgan fingerprint density at radius 2 is 2.00 bits per heavy atom. The molecule has 1 atom stereocenters. The second-order valence-corrected chi connectivity index (χ2v) is 5.23. The number of amides is 1. The maximum absolute atomic E-state index is 12.5. The minimum atomic E-state index is 0. The number of halogens is 1. The molecule has 3 nitrogen and oxygen atoms in total. The molecular weight excluding hydrogens is 260 g/mol. The van der Waals surface area contributed by atoms with Gasteiger partial charge in [0.15, 0.2) is 0 Å². The zero-order valence-corrected chi connectivity index (χ0v) is 12.7. The van der Waals surface area contributed by atoms with E-state index in [-0.39, 0.29) is 18.3 Å². The smallest absolute Gasteiger partial charge is 0.254 e. The van der Waals surface area contributed by atoms with Gasteiger partial charge < -0.3 is 10.2 Å². The van der Waals surface area contributed by atoms with Crippen molar-refractivity contribution in [2.45, 2.75) is 20.3 Å². The lowest BCUT2D eigenvalue weighted by atomic mass is 10.0. The third-order valence-electron chi connectivity index (χ3n) is 3.76. The molecule has 1 amide bonds. The molecule has 2 rings (SSSR count). The number of carbonyl (C=O) groups is 1. The summed E-state index contributed by atoms with van der Waals surface area (Å²) >= 11 is 0. The van der Waals surface area contributed by atoms with E-state index in [9.17, 15) is 4.79 Å². The second kappa shape index (κ2) is 6.92. The average Bonchev–Trinajstić information content (AvgIpc) is 2.78. The van der Waals surface area contributed by atoms with E-state index in [1.807, 2.05) is 44.0 Å². The van der Waals surface area contributed by atoms with Crippen molar-refractivity contribution in [2.75, 3.05) is 26.7 Å². The minimum absolute atomic E-state index is 0. The Morgan fingerprint density at radius 3 is 2.58 bits per heavy atom. The number of aryl methyl sites for hydroxylation is 2. The van der Waals surface area contributed by atoms with Crippen molar-refractivity contribution in [3.05, 3.63) is 34.9 Å². The number of rotatable bonds is 3. The van der Waals surface area contributed by atoms with Crippen LogP contribution in [-0.4, -0.2) is 37.5 Å². The van der Waals surface area contributed by atoms with Crippen LogP contribution in [0.2, 0.25) is 0 Å². The molecule has 1 aliphatic heterocycles. The lowest BCUT2D eigenvalue weighted by molar-refractivity contribution is 0.0786. The SMILES string of the molecule is CNCC1CCN(C(=O)c2c(C)cccc2C)C1.Cl. The van der Waals surface area contributed by atoms with Gasteiger partial charge in [-0.3, -0.25) is 4.79 Å². The van der Waals surface area contributed by atoms with Crippen LogP contribution in [0.3, 0.4) is 0 Å². The number of nitrogens with zero attached hydrogens (tertiary/aromatic N) is 1. The van der Waals surface area contributed by atoms with Crippen LogP contribution in [0.5, 0.6) is 0 Å². The van der Waals surface area contributed by atoms with Crippen LogP contribution < -0.4 is 5.32 Å². The van der Waals surface area contributed by atoms with Crippen molar-refractivity contribution in [3.63, 3.8) is 0 Å². The van der Waals surface area contributed by atoms with Crippen LogP contribution in [0.25, 0.3) is 0 Å². The fourth-order valence-corrected chi connectivity index (χ4v) is 2.78. The van der Waals surface area contributed by atoms with E-state index in [0.717, 1.165) is 42.7 Å². The maximum Gasteiger partial charge on any atom is 0.254 e. The standard InChI is InChI=1S/C15H22N2O.ClH/c1-11-5-4-6-12(2)14(11)15(18)17-8-7-13(10-17)9-16-3;/h4-6,13,16H,7-10H2,1-3H3;1H. The third kappa shape index (κ3) is 3.48. The second-order valence-electron chi connectivity index (χ2n) is 5.23. The van der Waals surface area contributed by atoms with E-state index in [0.29, 0.717) is 5.92 Å². The Kier molecular flexibility index (Phi) is 5.83. The highest BCUT2D eigenvalue weighted by molar-refractivity contribution is 5.97. The predicted molar refractivity (Wildman–Crippen MR) is 81.1 cm³/mol. The van der Waals surface area contributed by atoms with Crippen LogP contribution in [0.4, 0.5) is 0 Å². The Hall–Kier alpha value is -1.06. The van der Waals surface area contributed by atoms with Crippen LogP contribution in [0.1, 0.15) is 27.9 Å². The fraction of sp³-hybridized carbons (Fsp3) is 0.533. The molecule has 106 valence electrons. The number of hydrogen-bond acceptors (Lipinski definition) is 2. The molecule has 1 aliphatic rings. The van der Waals surface area contributed by atoms with Crippen molar-refractivity contribution in [3.8, 4) is 0 Å². The highest BCUT2D eigenvalue weighted by Crippen LogP contribution is 2.21. The van der Waals surface area contributed by atoms with E-state index < -0.39 is 0 Å². The largest absolute Gasteiger partial charge is 0.338 e. The summed E-state index contributed by atoms with van der Waals surface area (Å²) < 4.78 is 0. The topological polar surface area (TPSA) is 32.3 Å². The van der Waals surface area contributed by atoms with Crippen LogP contribution in [-0.2, 0) is 0 Å². The molecule has 19 heavy (non-hydrogen) atoms. The Morgan fingerprint density at radius 1 is 1.37 bits per heavy atom. The molecule has 1 unspecified atom stereocenters. The van der Waals surface area contributed by atoms with Crippen molar-refractivity contribution in [1.82, 2.24) is 10.2 Å². The van der Waals surface area contributed by atoms with Crippen molar-refractivity contribution >= 4 is 18.3 Å². The fourth-order valence-electron chi connectivity index (χ4n) is 2.78. The van der Waals surface area contributed by atoms with Gasteiger partial charge in [0.05, 0.1) is 0 Å². The molecule has 0 bridgehead atoms. The van der Waals surface area contributed by atoms with Crippen molar-refractivity contribution in [1.29, 1.82) is 0 Å². The summed E-state index contributed by atoms with van der Waals surface area (Å²) in [6, 6.07) is 6.04. The first-order chi connectivity index (χ1) is 8.63. The Labute approximate surface area is 121 Å². The minimum Gasteiger partial charge on any atom is -0.338 e. The van der Waals surface area contributed by atoms with Gasteiger partial charge in [0.2, 0.25) is 0 Å².